The van der Waals surface area contributed by atoms with Crippen molar-refractivity contribution in [2.75, 3.05) is 6.54 Å². The van der Waals surface area contributed by atoms with Crippen molar-refractivity contribution in [1.82, 2.24) is 52.2 Å². The predicted molar refractivity (Wildman–Crippen MR) is 264 cm³/mol. The Morgan fingerprint density at radius 1 is 0.667 bits per heavy atom. The average Bonchev–Trinajstić information content (AvgIpc) is 3.99. The highest BCUT2D eigenvalue weighted by Crippen LogP contribution is 2.20. The molecule has 10 atom stereocenters. The number of hydrogen-bond acceptors (Lipinski definition) is 13. The largest absolute Gasteiger partial charge is 0.481 e. The predicted octanol–water partition coefficient (Wildman–Crippen LogP) is -0.786. The minimum atomic E-state index is -1.86. The standard InChI is InChI=1S/C48H74N12O12/c1-8-26(6)39(46(69)54-33(48(71)72)15-11-12-16-49)59-44(67)36(20-37(62)63)57-47(70)40(27(7)61)60-45(68)38(25(4)5)58-43(66)34(17-24(2)3)56-42(65)35(18-28-21-52-32-14-10-9-13-30(28)32)55-41(64)31(50)19-29-22-51-23-53-29/h9-10,13-14,21-27,31,33-36,38-40,52,61H,8,11-12,15-20,49-50H2,1-7H3,(H,51,53)(H,54,69)(H,55,64)(H,56,65)(H,57,70)(H,58,66)(H,59,67)(H,60,68)(H,62,63)(H,71,72)/t26-,27+,31-,33-,34-,35-,36-,38-,39-,40-/m0/s1. The maximum absolute atomic E-state index is 14.2. The number of benzene rings is 1. The van der Waals surface area contributed by atoms with Gasteiger partial charge in [-0.1, -0.05) is 66.2 Å². The van der Waals surface area contributed by atoms with Gasteiger partial charge in [0.25, 0.3) is 0 Å². The molecule has 0 saturated heterocycles. The number of carboxylic acids is 2. The molecule has 0 saturated carbocycles. The van der Waals surface area contributed by atoms with E-state index in [1.807, 2.05) is 38.1 Å². The van der Waals surface area contributed by atoms with E-state index in [2.05, 4.69) is 52.2 Å². The van der Waals surface area contributed by atoms with Gasteiger partial charge in [0, 0.05) is 41.8 Å². The number of unbranched alkanes of at least 4 members (excludes halogenated alkanes) is 1. The molecular weight excluding hydrogens is 937 g/mol. The number of para-hydroxylation sites is 1. The summed E-state index contributed by atoms with van der Waals surface area (Å²) in [5, 5.41) is 48.6. The molecule has 0 aliphatic heterocycles. The molecule has 3 aromatic rings. The van der Waals surface area contributed by atoms with Crippen molar-refractivity contribution < 1.29 is 58.5 Å². The Morgan fingerprint density at radius 3 is 1.82 bits per heavy atom. The minimum Gasteiger partial charge on any atom is -0.481 e. The van der Waals surface area contributed by atoms with E-state index < -0.39 is 126 Å². The number of carboxylic acid groups (broad SMARTS) is 2. The Labute approximate surface area is 418 Å². The van der Waals surface area contributed by atoms with Gasteiger partial charge in [0.2, 0.25) is 41.4 Å². The molecule has 24 nitrogen and oxygen atoms in total. The van der Waals surface area contributed by atoms with Crippen LogP contribution in [0.3, 0.4) is 0 Å². The monoisotopic (exact) mass is 1010 g/mol. The lowest BCUT2D eigenvalue weighted by Crippen LogP contribution is -2.63. The zero-order valence-corrected chi connectivity index (χ0v) is 42.0. The van der Waals surface area contributed by atoms with Crippen LogP contribution in [-0.2, 0) is 56.0 Å². The van der Waals surface area contributed by atoms with Gasteiger partial charge in [0.15, 0.2) is 0 Å². The van der Waals surface area contributed by atoms with Crippen molar-refractivity contribution in [2.45, 2.75) is 154 Å². The maximum atomic E-state index is 14.2. The summed E-state index contributed by atoms with van der Waals surface area (Å²) in [6.45, 7) is 11.6. The zero-order valence-electron chi connectivity index (χ0n) is 42.0. The Hall–Kier alpha value is -6.92. The van der Waals surface area contributed by atoms with E-state index in [0.717, 1.165) is 17.8 Å². The van der Waals surface area contributed by atoms with Gasteiger partial charge in [-0.05, 0) is 68.5 Å². The lowest BCUT2D eigenvalue weighted by Gasteiger charge is -2.30. The van der Waals surface area contributed by atoms with E-state index in [1.54, 1.807) is 33.9 Å². The molecule has 24 heteroatoms. The molecule has 398 valence electrons. The fourth-order valence-electron chi connectivity index (χ4n) is 7.76. The number of amides is 7. The first kappa shape index (κ1) is 59.4. The molecule has 72 heavy (non-hydrogen) atoms. The van der Waals surface area contributed by atoms with Crippen molar-refractivity contribution in [3.63, 3.8) is 0 Å². The normalized spacial score (nSPS) is 15.6. The van der Waals surface area contributed by atoms with Crippen LogP contribution in [0, 0.1) is 17.8 Å². The number of aromatic amines is 2. The molecule has 7 amide bonds. The van der Waals surface area contributed by atoms with Gasteiger partial charge in [-0.2, -0.15) is 0 Å². The first-order chi connectivity index (χ1) is 34.0. The topological polar surface area (TPSA) is 395 Å². The summed E-state index contributed by atoms with van der Waals surface area (Å²) in [5.74, 6) is -10.6. The Kier molecular flexibility index (Phi) is 23.8. The quantitative estimate of drug-likeness (QED) is 0.0352. The summed E-state index contributed by atoms with van der Waals surface area (Å²) in [6.07, 6.45) is 3.47. The molecule has 0 radical (unpaired) electrons. The number of nitrogens with one attached hydrogen (secondary N) is 9. The SMILES string of the molecule is CC[C@H](C)[C@H](NC(=O)[C@H](CC(=O)O)NC(=O)[C@@H](NC(=O)[C@@H](NC(=O)[C@H](CC(C)C)NC(=O)[C@H](Cc1c[nH]c2ccccc12)NC(=O)[C@@H](N)Cc1cnc[nH]1)C(C)C)[C@@H](C)O)C(=O)N[C@@H](CCCCN)C(=O)O. The molecule has 2 aromatic heterocycles. The van der Waals surface area contributed by atoms with Gasteiger partial charge in [-0.3, -0.25) is 38.4 Å². The number of aliphatic hydroxyl groups is 1. The van der Waals surface area contributed by atoms with Crippen molar-refractivity contribution in [3.05, 3.63) is 54.2 Å². The van der Waals surface area contributed by atoms with E-state index >= 15 is 0 Å². The lowest BCUT2D eigenvalue weighted by molar-refractivity contribution is -0.144. The lowest BCUT2D eigenvalue weighted by atomic mass is 9.96. The summed E-state index contributed by atoms with van der Waals surface area (Å²) in [7, 11) is 0. The number of hydrogen-bond donors (Lipinski definition) is 14. The number of aromatic nitrogens is 3. The molecular formula is C48H74N12O12. The number of imidazole rings is 1. The van der Waals surface area contributed by atoms with Crippen LogP contribution >= 0.6 is 0 Å². The molecule has 0 spiro atoms. The maximum Gasteiger partial charge on any atom is 0.326 e. The third-order valence-electron chi connectivity index (χ3n) is 12.1. The highest BCUT2D eigenvalue weighted by atomic mass is 16.4. The van der Waals surface area contributed by atoms with Crippen molar-refractivity contribution in [1.29, 1.82) is 0 Å². The fraction of sp³-hybridized carbons (Fsp3) is 0.583. The van der Waals surface area contributed by atoms with Crippen LogP contribution in [0.4, 0.5) is 0 Å². The third-order valence-corrected chi connectivity index (χ3v) is 12.1. The Morgan fingerprint density at radius 2 is 1.24 bits per heavy atom. The second-order valence-electron chi connectivity index (χ2n) is 18.9. The molecule has 1 aromatic carbocycles. The van der Waals surface area contributed by atoms with E-state index in [-0.39, 0.29) is 31.6 Å². The van der Waals surface area contributed by atoms with Gasteiger partial charge < -0.3 is 74.0 Å². The number of nitrogens with zero attached hydrogens (tertiary/aromatic N) is 1. The van der Waals surface area contributed by atoms with Crippen LogP contribution in [0.15, 0.2) is 43.0 Å². The molecule has 2 heterocycles. The summed E-state index contributed by atoms with van der Waals surface area (Å²) < 4.78 is 0. The Bertz CT molecular complexity index is 2300. The number of H-pyrrole nitrogens is 2. The van der Waals surface area contributed by atoms with Crippen LogP contribution in [0.5, 0.6) is 0 Å². The zero-order chi connectivity index (χ0) is 53.8. The van der Waals surface area contributed by atoms with Gasteiger partial charge in [-0.15, -0.1) is 0 Å². The van der Waals surface area contributed by atoms with E-state index in [9.17, 15) is 58.5 Å². The highest BCUT2D eigenvalue weighted by molar-refractivity contribution is 5.99. The van der Waals surface area contributed by atoms with Gasteiger partial charge >= 0.3 is 11.9 Å². The number of aliphatic hydroxyl groups excluding tert-OH is 1. The second-order valence-corrected chi connectivity index (χ2v) is 18.9. The van der Waals surface area contributed by atoms with Crippen LogP contribution in [0.25, 0.3) is 10.9 Å². The minimum absolute atomic E-state index is 0.000140. The van der Waals surface area contributed by atoms with Crippen LogP contribution in [0.2, 0.25) is 0 Å². The second kappa shape index (κ2) is 28.8. The summed E-state index contributed by atoms with van der Waals surface area (Å²) in [6, 6.07) is -3.94. The van der Waals surface area contributed by atoms with E-state index in [4.69, 9.17) is 11.5 Å². The third kappa shape index (κ3) is 18.4. The van der Waals surface area contributed by atoms with Crippen molar-refractivity contribution in [2.24, 2.45) is 29.2 Å². The molecule has 0 bridgehead atoms. The number of nitrogens with two attached hydrogens (primary N) is 2. The first-order valence-corrected chi connectivity index (χ1v) is 24.2. The molecule has 16 N–H and O–H groups in total. The van der Waals surface area contributed by atoms with E-state index in [1.165, 1.54) is 12.5 Å². The van der Waals surface area contributed by atoms with Crippen LogP contribution < -0.4 is 48.7 Å². The molecule has 3 rings (SSSR count). The van der Waals surface area contributed by atoms with E-state index in [0.29, 0.717) is 37.1 Å². The number of carbonyl (C=O) groups excluding carboxylic acids is 7. The molecule has 0 fully saturated rings. The smallest absolute Gasteiger partial charge is 0.326 e. The summed E-state index contributed by atoms with van der Waals surface area (Å²) in [5.41, 5.74) is 13.8. The molecule has 0 unspecified atom stereocenters. The summed E-state index contributed by atoms with van der Waals surface area (Å²) in [4.78, 5) is 131. The Balaban J connectivity index is 1.83. The average molecular weight is 1010 g/mol. The van der Waals surface area contributed by atoms with Gasteiger partial charge in [-0.25, -0.2) is 9.78 Å². The van der Waals surface area contributed by atoms with Crippen LogP contribution in [-0.4, -0.2) is 145 Å². The number of fused-ring (bicyclic) bond motifs is 1. The first-order valence-electron chi connectivity index (χ1n) is 24.2. The number of rotatable bonds is 31. The fourth-order valence-corrected chi connectivity index (χ4v) is 7.76. The van der Waals surface area contributed by atoms with Gasteiger partial charge in [0.05, 0.1) is 24.9 Å². The molecule has 0 aliphatic carbocycles. The van der Waals surface area contributed by atoms with Crippen molar-refractivity contribution >= 4 is 64.2 Å². The summed E-state index contributed by atoms with van der Waals surface area (Å²) >= 11 is 0. The number of carbonyl (C=O) groups is 9. The van der Waals surface area contributed by atoms with Crippen LogP contribution in [0.1, 0.15) is 98.2 Å². The van der Waals surface area contributed by atoms with Gasteiger partial charge in [0.1, 0.15) is 42.3 Å². The highest BCUT2D eigenvalue weighted by Gasteiger charge is 2.38. The number of aliphatic carboxylic acids is 2. The molecule has 0 aliphatic rings. The van der Waals surface area contributed by atoms with Crippen molar-refractivity contribution in [3.8, 4) is 0 Å².